The van der Waals surface area contributed by atoms with Crippen molar-refractivity contribution >= 4 is 16.9 Å². The Kier molecular flexibility index (Phi) is 7.72. The van der Waals surface area contributed by atoms with Gasteiger partial charge in [-0.15, -0.1) is 0 Å². The summed E-state index contributed by atoms with van der Waals surface area (Å²) in [5.41, 5.74) is 2.74. The van der Waals surface area contributed by atoms with Crippen LogP contribution in [0.1, 0.15) is 49.6 Å². The summed E-state index contributed by atoms with van der Waals surface area (Å²) in [6, 6.07) is 8.18. The monoisotopic (exact) mass is 446 g/mol. The van der Waals surface area contributed by atoms with Crippen molar-refractivity contribution in [2.24, 2.45) is 5.92 Å². The Morgan fingerprint density at radius 1 is 1.09 bits per heavy atom. The third kappa shape index (κ3) is 5.78. The summed E-state index contributed by atoms with van der Waals surface area (Å²) >= 11 is 0. The van der Waals surface area contributed by atoms with Crippen molar-refractivity contribution < 1.29 is 32.6 Å². The minimum Gasteiger partial charge on any atom is -0.486 e. The van der Waals surface area contributed by atoms with Crippen molar-refractivity contribution in [3.05, 3.63) is 58.6 Å². The lowest BCUT2D eigenvalue weighted by molar-refractivity contribution is -0.136. The predicted molar refractivity (Wildman–Crippen MR) is 117 cm³/mol. The largest absolute Gasteiger partial charge is 0.486 e. The number of carbonyl (C=O) groups is 1. The number of hydrogen-bond donors (Lipinski definition) is 1. The Labute approximate surface area is 185 Å². The van der Waals surface area contributed by atoms with Crippen LogP contribution < -0.4 is 9.47 Å². The van der Waals surface area contributed by atoms with E-state index in [-0.39, 0.29) is 25.2 Å². The lowest BCUT2D eigenvalue weighted by atomic mass is 9.95. The average molecular weight is 446 g/mol. The molecule has 0 spiro atoms. The van der Waals surface area contributed by atoms with Crippen molar-refractivity contribution in [2.75, 3.05) is 6.86 Å². The highest BCUT2D eigenvalue weighted by Gasteiger charge is 2.16. The van der Waals surface area contributed by atoms with Gasteiger partial charge < -0.3 is 19.0 Å². The third-order valence-corrected chi connectivity index (χ3v) is 5.16. The van der Waals surface area contributed by atoms with Crippen molar-refractivity contribution in [3.8, 4) is 11.5 Å². The zero-order valence-electron chi connectivity index (χ0n) is 18.5. The molecule has 0 amide bonds. The highest BCUT2D eigenvalue weighted by Crippen LogP contribution is 2.31. The fourth-order valence-electron chi connectivity index (χ4n) is 3.68. The Morgan fingerprint density at radius 3 is 2.53 bits per heavy atom. The van der Waals surface area contributed by atoms with Gasteiger partial charge in [-0.1, -0.05) is 20.8 Å². The Morgan fingerprint density at radius 2 is 1.88 bits per heavy atom. The molecular formula is C25H28F2O5. The first-order chi connectivity index (χ1) is 15.3. The molecule has 3 aromatic rings. The number of rotatable bonds is 11. The van der Waals surface area contributed by atoms with Crippen LogP contribution in [0.15, 0.2) is 34.7 Å². The second kappa shape index (κ2) is 10.5. The van der Waals surface area contributed by atoms with Crippen molar-refractivity contribution in [1.82, 2.24) is 0 Å². The number of aliphatic carboxylic acids is 1. The standard InChI is InChI=1S/C25H28F2O5/c1-4-20-8-18-9-21(31-14-26)10-19(25(18)32-20)13-30-23-12-17(7-15(2)3)16(11-22(23)27)5-6-24(28)29/h8-12,15H,4-7,13-14H2,1-3H3,(H,28,29). The van der Waals surface area contributed by atoms with Crippen LogP contribution in [0.2, 0.25) is 0 Å². The molecular weight excluding hydrogens is 418 g/mol. The molecule has 0 unspecified atom stereocenters. The zero-order chi connectivity index (χ0) is 23.3. The van der Waals surface area contributed by atoms with Gasteiger partial charge in [-0.2, -0.15) is 0 Å². The van der Waals surface area contributed by atoms with Crippen LogP contribution in [0.5, 0.6) is 11.5 Å². The fraction of sp³-hybridized carbons (Fsp3) is 0.400. The zero-order valence-corrected chi connectivity index (χ0v) is 18.5. The van der Waals surface area contributed by atoms with E-state index in [4.69, 9.17) is 19.0 Å². The number of aryl methyl sites for hydroxylation is 2. The molecule has 32 heavy (non-hydrogen) atoms. The maximum absolute atomic E-state index is 14.8. The Hall–Kier alpha value is -3.09. The summed E-state index contributed by atoms with van der Waals surface area (Å²) in [7, 11) is 0. The quantitative estimate of drug-likeness (QED) is 0.378. The topological polar surface area (TPSA) is 68.9 Å². The van der Waals surface area contributed by atoms with Crippen molar-refractivity contribution in [2.45, 2.75) is 53.1 Å². The summed E-state index contributed by atoms with van der Waals surface area (Å²) in [5, 5.41) is 9.75. The molecule has 0 aliphatic carbocycles. The summed E-state index contributed by atoms with van der Waals surface area (Å²) in [4.78, 5) is 11.0. The second-order valence-electron chi connectivity index (χ2n) is 8.15. The molecule has 0 saturated carbocycles. The van der Waals surface area contributed by atoms with E-state index in [2.05, 4.69) is 0 Å². The van der Waals surface area contributed by atoms with Crippen LogP contribution in [0.25, 0.3) is 11.0 Å². The minimum absolute atomic E-state index is 0.00314. The number of hydrogen-bond acceptors (Lipinski definition) is 4. The van der Waals surface area contributed by atoms with E-state index in [0.717, 1.165) is 16.7 Å². The van der Waals surface area contributed by atoms with E-state index in [9.17, 15) is 13.6 Å². The molecule has 0 aliphatic rings. The number of furan rings is 1. The molecule has 1 heterocycles. The van der Waals surface area contributed by atoms with Gasteiger partial charge in [-0.05, 0) is 60.2 Å². The molecule has 0 radical (unpaired) electrons. The molecule has 2 aromatic carbocycles. The minimum atomic E-state index is -0.963. The lowest BCUT2D eigenvalue weighted by Crippen LogP contribution is -2.06. The van der Waals surface area contributed by atoms with Gasteiger partial charge in [0.25, 0.3) is 0 Å². The van der Waals surface area contributed by atoms with Crippen LogP contribution >= 0.6 is 0 Å². The van der Waals surface area contributed by atoms with Crippen LogP contribution in [-0.4, -0.2) is 17.9 Å². The van der Waals surface area contributed by atoms with E-state index in [1.165, 1.54) is 6.07 Å². The van der Waals surface area contributed by atoms with Crippen LogP contribution in [0, 0.1) is 11.7 Å². The summed E-state index contributed by atoms with van der Waals surface area (Å²) < 4.78 is 44.2. The van der Waals surface area contributed by atoms with Gasteiger partial charge >= 0.3 is 5.97 Å². The number of carboxylic acid groups (broad SMARTS) is 1. The molecule has 7 heteroatoms. The first-order valence-corrected chi connectivity index (χ1v) is 10.7. The number of alkyl halides is 1. The van der Waals surface area contributed by atoms with Gasteiger partial charge in [0.05, 0.1) is 0 Å². The second-order valence-corrected chi connectivity index (χ2v) is 8.15. The molecule has 0 fully saturated rings. The van der Waals surface area contributed by atoms with E-state index in [0.29, 0.717) is 41.2 Å². The van der Waals surface area contributed by atoms with Crippen molar-refractivity contribution in [3.63, 3.8) is 0 Å². The van der Waals surface area contributed by atoms with Gasteiger partial charge in [0.15, 0.2) is 11.6 Å². The van der Waals surface area contributed by atoms with Gasteiger partial charge in [-0.25, -0.2) is 8.78 Å². The first-order valence-electron chi connectivity index (χ1n) is 10.7. The number of benzene rings is 2. The lowest BCUT2D eigenvalue weighted by Gasteiger charge is -2.15. The van der Waals surface area contributed by atoms with Gasteiger partial charge in [0, 0.05) is 23.8 Å². The van der Waals surface area contributed by atoms with Crippen molar-refractivity contribution in [1.29, 1.82) is 0 Å². The summed E-state index contributed by atoms with van der Waals surface area (Å²) in [6.45, 7) is 5.09. The Bertz CT molecular complexity index is 1090. The normalized spacial score (nSPS) is 11.3. The molecule has 1 aromatic heterocycles. The first kappa shape index (κ1) is 23.6. The predicted octanol–water partition coefficient (Wildman–Crippen LogP) is 6.23. The van der Waals surface area contributed by atoms with E-state index >= 15 is 0 Å². The molecule has 0 atom stereocenters. The molecule has 0 bridgehead atoms. The average Bonchev–Trinajstić information content (AvgIpc) is 3.15. The van der Waals surface area contributed by atoms with Gasteiger partial charge in [0.2, 0.25) is 6.86 Å². The van der Waals surface area contributed by atoms with E-state index in [1.807, 2.05) is 26.8 Å². The van der Waals surface area contributed by atoms with E-state index in [1.54, 1.807) is 18.2 Å². The van der Waals surface area contributed by atoms with Gasteiger partial charge in [-0.3, -0.25) is 4.79 Å². The summed E-state index contributed by atoms with van der Waals surface area (Å²) in [6.07, 6.45) is 1.55. The SMILES string of the molecule is CCc1cc2cc(OCF)cc(COc3cc(CC(C)C)c(CCC(=O)O)cc3F)c2o1. The van der Waals surface area contributed by atoms with Gasteiger partial charge in [0.1, 0.15) is 23.7 Å². The number of ether oxygens (including phenoxy) is 2. The summed E-state index contributed by atoms with van der Waals surface area (Å²) in [5.74, 6) is 0.0111. The third-order valence-electron chi connectivity index (χ3n) is 5.16. The number of carboxylic acids is 1. The smallest absolute Gasteiger partial charge is 0.303 e. The molecule has 5 nitrogen and oxygen atoms in total. The fourth-order valence-corrected chi connectivity index (χ4v) is 3.68. The van der Waals surface area contributed by atoms with E-state index < -0.39 is 18.6 Å². The molecule has 1 N–H and O–H groups in total. The highest BCUT2D eigenvalue weighted by molar-refractivity contribution is 5.83. The van der Waals surface area contributed by atoms with Crippen LogP contribution in [0.3, 0.4) is 0 Å². The Balaban J connectivity index is 1.90. The maximum Gasteiger partial charge on any atom is 0.303 e. The van der Waals surface area contributed by atoms with Crippen LogP contribution in [0.4, 0.5) is 8.78 Å². The molecule has 0 saturated heterocycles. The molecule has 3 rings (SSSR count). The molecule has 172 valence electrons. The highest BCUT2D eigenvalue weighted by atomic mass is 19.1. The number of halogens is 2. The van der Waals surface area contributed by atoms with Crippen LogP contribution in [-0.2, 0) is 30.7 Å². The number of fused-ring (bicyclic) bond motifs is 1. The maximum atomic E-state index is 14.8. The molecule has 0 aliphatic heterocycles.